The molecular formula is C10H10N2O. The molecule has 0 unspecified atom stereocenters. The Morgan fingerprint density at radius 2 is 2.08 bits per heavy atom. The second-order valence-corrected chi connectivity index (χ2v) is 3.05. The van der Waals surface area contributed by atoms with Gasteiger partial charge in [0.2, 0.25) is 0 Å². The van der Waals surface area contributed by atoms with Crippen LogP contribution < -0.4 is 5.73 Å². The molecule has 1 aliphatic rings. The number of carbonyl (C=O) groups excluding carboxylic acids is 1. The molecule has 0 fully saturated rings. The molecule has 0 atom stereocenters. The van der Waals surface area contributed by atoms with Gasteiger partial charge in [-0.2, -0.15) is 0 Å². The Hall–Kier alpha value is -1.64. The van der Waals surface area contributed by atoms with Gasteiger partial charge in [-0.05, 0) is 24.5 Å². The van der Waals surface area contributed by atoms with Gasteiger partial charge >= 0.3 is 0 Å². The highest BCUT2D eigenvalue weighted by Crippen LogP contribution is 2.24. The monoisotopic (exact) mass is 174 g/mol. The lowest BCUT2D eigenvalue weighted by Crippen LogP contribution is -2.25. The highest BCUT2D eigenvalue weighted by molar-refractivity contribution is 6.39. The van der Waals surface area contributed by atoms with Crippen LogP contribution in [-0.4, -0.2) is 11.6 Å². The molecule has 0 spiro atoms. The summed E-state index contributed by atoms with van der Waals surface area (Å²) in [4.78, 5) is 15.0. The van der Waals surface area contributed by atoms with E-state index >= 15 is 0 Å². The Morgan fingerprint density at radius 3 is 2.85 bits per heavy atom. The Morgan fingerprint density at radius 1 is 1.31 bits per heavy atom. The number of amides is 1. The lowest BCUT2D eigenvalue weighted by atomic mass is 10.0. The van der Waals surface area contributed by atoms with E-state index in [1.54, 1.807) is 0 Å². The third-order valence-electron chi connectivity index (χ3n) is 2.16. The van der Waals surface area contributed by atoms with Crippen molar-refractivity contribution >= 4 is 17.3 Å². The molecule has 1 aliphatic heterocycles. The second-order valence-electron chi connectivity index (χ2n) is 3.05. The molecule has 0 aliphatic carbocycles. The number of primary amides is 1. The van der Waals surface area contributed by atoms with Crippen LogP contribution >= 0.6 is 0 Å². The van der Waals surface area contributed by atoms with Crippen molar-refractivity contribution in [1.82, 2.24) is 0 Å². The Balaban J connectivity index is 2.44. The van der Waals surface area contributed by atoms with E-state index in [9.17, 15) is 4.79 Å². The summed E-state index contributed by atoms with van der Waals surface area (Å²) in [5, 5.41) is 0. The summed E-state index contributed by atoms with van der Waals surface area (Å²) in [7, 11) is 0. The molecule has 2 rings (SSSR count). The van der Waals surface area contributed by atoms with Gasteiger partial charge in [0.05, 0.1) is 5.69 Å². The number of hydrogen-bond donors (Lipinski definition) is 1. The zero-order chi connectivity index (χ0) is 9.26. The highest BCUT2D eigenvalue weighted by atomic mass is 16.1. The number of fused-ring (bicyclic) bond motifs is 1. The standard InChI is InChI=1S/C10H10N2O/c11-10(13)9-6-5-7-3-1-2-4-8(7)12-9/h1-4H,5-6H2,(H2,11,13). The molecule has 1 heterocycles. The first-order valence-electron chi connectivity index (χ1n) is 4.22. The number of aryl methyl sites for hydroxylation is 1. The number of aliphatic imine (C=N–C) groups is 1. The molecule has 66 valence electrons. The maximum Gasteiger partial charge on any atom is 0.263 e. The van der Waals surface area contributed by atoms with Crippen molar-refractivity contribution in [2.45, 2.75) is 12.8 Å². The Bertz CT molecular complexity index is 382. The molecule has 0 saturated heterocycles. The summed E-state index contributed by atoms with van der Waals surface area (Å²) in [6, 6.07) is 7.81. The SMILES string of the molecule is NC(=O)C1=Nc2ccccc2CC1. The molecule has 0 radical (unpaired) electrons. The van der Waals surface area contributed by atoms with E-state index in [0.29, 0.717) is 12.1 Å². The number of rotatable bonds is 1. The average molecular weight is 174 g/mol. The number of nitrogens with zero attached hydrogens (tertiary/aromatic N) is 1. The van der Waals surface area contributed by atoms with E-state index in [0.717, 1.165) is 12.1 Å². The minimum absolute atomic E-state index is 0.408. The van der Waals surface area contributed by atoms with Crippen LogP contribution in [0.1, 0.15) is 12.0 Å². The normalized spacial score (nSPS) is 14.6. The summed E-state index contributed by atoms with van der Waals surface area (Å²) in [5.41, 5.74) is 7.70. The number of hydrogen-bond acceptors (Lipinski definition) is 2. The first-order valence-corrected chi connectivity index (χ1v) is 4.22. The van der Waals surface area contributed by atoms with Gasteiger partial charge in [-0.1, -0.05) is 18.2 Å². The lowest BCUT2D eigenvalue weighted by molar-refractivity contribution is -0.112. The fourth-order valence-electron chi connectivity index (χ4n) is 1.46. The van der Waals surface area contributed by atoms with Gasteiger partial charge in [0.1, 0.15) is 5.71 Å². The van der Waals surface area contributed by atoms with Crippen LogP contribution in [0.2, 0.25) is 0 Å². The highest BCUT2D eigenvalue weighted by Gasteiger charge is 2.14. The largest absolute Gasteiger partial charge is 0.365 e. The third-order valence-corrected chi connectivity index (χ3v) is 2.16. The summed E-state index contributed by atoms with van der Waals surface area (Å²) in [6.07, 6.45) is 1.52. The van der Waals surface area contributed by atoms with Crippen molar-refractivity contribution in [2.75, 3.05) is 0 Å². The van der Waals surface area contributed by atoms with Crippen molar-refractivity contribution in [2.24, 2.45) is 10.7 Å². The molecule has 1 aromatic carbocycles. The maximum atomic E-state index is 10.9. The van der Waals surface area contributed by atoms with Crippen LogP contribution in [0.5, 0.6) is 0 Å². The molecule has 3 nitrogen and oxygen atoms in total. The minimum Gasteiger partial charge on any atom is -0.365 e. The van der Waals surface area contributed by atoms with Crippen LogP contribution in [0.4, 0.5) is 5.69 Å². The molecule has 0 aromatic heterocycles. The number of carbonyl (C=O) groups is 1. The smallest absolute Gasteiger partial charge is 0.263 e. The zero-order valence-corrected chi connectivity index (χ0v) is 7.16. The number of benzene rings is 1. The van der Waals surface area contributed by atoms with Crippen molar-refractivity contribution < 1.29 is 4.79 Å². The zero-order valence-electron chi connectivity index (χ0n) is 7.16. The Kier molecular flexibility index (Phi) is 1.85. The molecule has 1 amide bonds. The summed E-state index contributed by atoms with van der Waals surface area (Å²) >= 11 is 0. The number of para-hydroxylation sites is 1. The second kappa shape index (κ2) is 3.01. The Labute approximate surface area is 76.3 Å². The molecule has 2 N–H and O–H groups in total. The van der Waals surface area contributed by atoms with Crippen LogP contribution in [0, 0.1) is 0 Å². The number of nitrogens with two attached hydrogens (primary N) is 1. The quantitative estimate of drug-likeness (QED) is 0.683. The van der Waals surface area contributed by atoms with E-state index in [1.807, 2.05) is 24.3 Å². The predicted molar refractivity (Wildman–Crippen MR) is 51.1 cm³/mol. The summed E-state index contributed by atoms with van der Waals surface area (Å²) < 4.78 is 0. The fraction of sp³-hybridized carbons (Fsp3) is 0.200. The first-order chi connectivity index (χ1) is 6.27. The minimum atomic E-state index is -0.408. The average Bonchev–Trinajstić information content (AvgIpc) is 2.17. The van der Waals surface area contributed by atoms with Gasteiger partial charge in [-0.3, -0.25) is 4.79 Å². The van der Waals surface area contributed by atoms with E-state index in [1.165, 1.54) is 5.56 Å². The summed E-state index contributed by atoms with van der Waals surface area (Å²) in [6.45, 7) is 0. The van der Waals surface area contributed by atoms with Crippen LogP contribution in [-0.2, 0) is 11.2 Å². The fourth-order valence-corrected chi connectivity index (χ4v) is 1.46. The van der Waals surface area contributed by atoms with Crippen molar-refractivity contribution in [3.8, 4) is 0 Å². The molecule has 3 heteroatoms. The van der Waals surface area contributed by atoms with Gasteiger partial charge in [0.25, 0.3) is 5.91 Å². The lowest BCUT2D eigenvalue weighted by Gasteiger charge is -2.12. The third kappa shape index (κ3) is 1.45. The van der Waals surface area contributed by atoms with E-state index in [2.05, 4.69) is 4.99 Å². The van der Waals surface area contributed by atoms with Gasteiger partial charge < -0.3 is 5.73 Å². The molecule has 0 bridgehead atoms. The van der Waals surface area contributed by atoms with Crippen molar-refractivity contribution in [3.63, 3.8) is 0 Å². The summed E-state index contributed by atoms with van der Waals surface area (Å²) in [5.74, 6) is -0.408. The van der Waals surface area contributed by atoms with Gasteiger partial charge in [0.15, 0.2) is 0 Å². The van der Waals surface area contributed by atoms with Crippen LogP contribution in [0.3, 0.4) is 0 Å². The first kappa shape index (κ1) is 7.98. The van der Waals surface area contributed by atoms with E-state index in [-0.39, 0.29) is 0 Å². The van der Waals surface area contributed by atoms with E-state index in [4.69, 9.17) is 5.73 Å². The van der Waals surface area contributed by atoms with Crippen LogP contribution in [0.25, 0.3) is 0 Å². The molecule has 0 saturated carbocycles. The molecular weight excluding hydrogens is 164 g/mol. The molecule has 13 heavy (non-hydrogen) atoms. The predicted octanol–water partition coefficient (Wildman–Crippen LogP) is 1.19. The van der Waals surface area contributed by atoms with Crippen molar-refractivity contribution in [1.29, 1.82) is 0 Å². The van der Waals surface area contributed by atoms with Gasteiger partial charge in [0, 0.05) is 0 Å². The van der Waals surface area contributed by atoms with E-state index < -0.39 is 5.91 Å². The topological polar surface area (TPSA) is 55.5 Å². The maximum absolute atomic E-state index is 10.9. The molecule has 1 aromatic rings. The van der Waals surface area contributed by atoms with Crippen molar-refractivity contribution in [3.05, 3.63) is 29.8 Å². The van der Waals surface area contributed by atoms with Gasteiger partial charge in [-0.15, -0.1) is 0 Å². The van der Waals surface area contributed by atoms with Crippen LogP contribution in [0.15, 0.2) is 29.3 Å². The van der Waals surface area contributed by atoms with Gasteiger partial charge in [-0.25, -0.2) is 4.99 Å².